The average Bonchev–Trinajstić information content (AvgIpc) is 3.58. The molecule has 1 atom stereocenters. The molecule has 1 unspecified atom stereocenters. The largest absolute Gasteiger partial charge is 0.464 e. The summed E-state index contributed by atoms with van der Waals surface area (Å²) in [5, 5.41) is 7.16. The van der Waals surface area contributed by atoms with Gasteiger partial charge in [0.25, 0.3) is 0 Å². The molecule has 0 bridgehead atoms. The summed E-state index contributed by atoms with van der Waals surface area (Å²) < 4.78 is 6.33. The Bertz CT molecular complexity index is 2420. The molecule has 1 N–H and O–H groups in total. The van der Waals surface area contributed by atoms with Crippen LogP contribution in [0.5, 0.6) is 5.75 Å². The monoisotopic (exact) mass is 602 g/mol. The second-order valence-corrected chi connectivity index (χ2v) is 12.0. The second-order valence-electron chi connectivity index (χ2n) is 12.0. The van der Waals surface area contributed by atoms with Gasteiger partial charge in [0.05, 0.1) is 16.9 Å². The van der Waals surface area contributed by atoms with Gasteiger partial charge in [-0.05, 0) is 68.4 Å². The minimum Gasteiger partial charge on any atom is -0.464 e. The number of benzene rings is 7. The lowest BCUT2D eigenvalue weighted by Gasteiger charge is -2.18. The molecule has 7 aromatic carbocycles. The first-order chi connectivity index (χ1) is 23.3. The highest BCUT2D eigenvalue weighted by atomic mass is 16.5. The van der Waals surface area contributed by atoms with Crippen molar-refractivity contribution in [2.75, 3.05) is 5.32 Å². The number of ether oxygens (including phenoxy) is 1. The van der Waals surface area contributed by atoms with Crippen LogP contribution >= 0.6 is 0 Å². The van der Waals surface area contributed by atoms with Crippen LogP contribution in [0.4, 0.5) is 5.69 Å². The van der Waals surface area contributed by atoms with Crippen LogP contribution in [0, 0.1) is 0 Å². The standard InChI is InChI=1S/C44H30N2O/c1-3-13-29(14-4-1)38-28-40(45-39-22-12-11-21-36(38)39)35-20-10-9-19-34(35)37-25-23-30-15-7-8-18-33(30)43(37)32-24-26-42-41(27-32)46-44(47-42)31-16-5-2-6-17-31/h1-28,44,46H. The number of pyridine rings is 1. The molecule has 0 aliphatic carbocycles. The second kappa shape index (κ2) is 11.3. The zero-order valence-corrected chi connectivity index (χ0v) is 25.6. The van der Waals surface area contributed by atoms with Gasteiger partial charge in [-0.25, -0.2) is 4.98 Å². The van der Waals surface area contributed by atoms with E-state index in [9.17, 15) is 0 Å². The van der Waals surface area contributed by atoms with E-state index in [0.717, 1.165) is 55.9 Å². The summed E-state index contributed by atoms with van der Waals surface area (Å²) in [5.74, 6) is 0.860. The van der Waals surface area contributed by atoms with Crippen molar-refractivity contribution in [2.45, 2.75) is 6.23 Å². The summed E-state index contributed by atoms with van der Waals surface area (Å²) in [4.78, 5) is 5.24. The quantitative estimate of drug-likeness (QED) is 0.213. The van der Waals surface area contributed by atoms with Crippen molar-refractivity contribution >= 4 is 27.4 Å². The molecule has 0 saturated carbocycles. The first-order valence-electron chi connectivity index (χ1n) is 16.0. The van der Waals surface area contributed by atoms with Crippen molar-refractivity contribution in [1.29, 1.82) is 0 Å². The summed E-state index contributed by atoms with van der Waals surface area (Å²) in [6.07, 6.45) is -0.216. The zero-order chi connectivity index (χ0) is 31.2. The van der Waals surface area contributed by atoms with Crippen LogP contribution in [0.3, 0.4) is 0 Å². The maximum absolute atomic E-state index is 6.33. The van der Waals surface area contributed by atoms with Crippen LogP contribution in [0.15, 0.2) is 170 Å². The van der Waals surface area contributed by atoms with Crippen LogP contribution in [0.1, 0.15) is 11.8 Å². The minimum atomic E-state index is -0.216. The number of hydrogen-bond acceptors (Lipinski definition) is 3. The molecule has 1 aliphatic heterocycles. The van der Waals surface area contributed by atoms with E-state index in [2.05, 4.69) is 157 Å². The van der Waals surface area contributed by atoms with Crippen LogP contribution in [-0.2, 0) is 0 Å². The molecule has 9 rings (SSSR count). The Labute approximate surface area is 273 Å². The predicted molar refractivity (Wildman–Crippen MR) is 194 cm³/mol. The van der Waals surface area contributed by atoms with Gasteiger partial charge in [-0.2, -0.15) is 0 Å². The van der Waals surface area contributed by atoms with Crippen molar-refractivity contribution in [3.05, 3.63) is 175 Å². The predicted octanol–water partition coefficient (Wildman–Crippen LogP) is 11.6. The van der Waals surface area contributed by atoms with E-state index in [1.54, 1.807) is 0 Å². The van der Waals surface area contributed by atoms with Crippen LogP contribution in [0.2, 0.25) is 0 Å². The van der Waals surface area contributed by atoms with Gasteiger partial charge < -0.3 is 10.1 Å². The fourth-order valence-corrected chi connectivity index (χ4v) is 6.90. The highest BCUT2D eigenvalue weighted by Gasteiger charge is 2.25. The van der Waals surface area contributed by atoms with E-state index in [-0.39, 0.29) is 6.23 Å². The van der Waals surface area contributed by atoms with Gasteiger partial charge in [0.1, 0.15) is 5.75 Å². The molecule has 2 heterocycles. The third-order valence-electron chi connectivity index (χ3n) is 9.13. The van der Waals surface area contributed by atoms with Crippen molar-refractivity contribution in [1.82, 2.24) is 4.98 Å². The molecule has 3 nitrogen and oxygen atoms in total. The first-order valence-corrected chi connectivity index (χ1v) is 16.0. The summed E-state index contributed by atoms with van der Waals surface area (Å²) in [6, 6.07) is 59.9. The van der Waals surface area contributed by atoms with Crippen molar-refractivity contribution in [3.8, 4) is 50.4 Å². The number of nitrogens with one attached hydrogen (secondary N) is 1. The Morgan fingerprint density at radius 1 is 0.489 bits per heavy atom. The van der Waals surface area contributed by atoms with Crippen molar-refractivity contribution < 1.29 is 4.74 Å². The smallest absolute Gasteiger partial charge is 0.196 e. The highest BCUT2D eigenvalue weighted by Crippen LogP contribution is 2.46. The van der Waals surface area contributed by atoms with E-state index in [1.807, 2.05) is 18.2 Å². The normalized spacial score (nSPS) is 13.7. The molecule has 1 aromatic heterocycles. The van der Waals surface area contributed by atoms with Crippen LogP contribution < -0.4 is 10.1 Å². The maximum atomic E-state index is 6.33. The fraction of sp³-hybridized carbons (Fsp3) is 0.0227. The molecule has 222 valence electrons. The van der Waals surface area contributed by atoms with E-state index in [4.69, 9.17) is 9.72 Å². The Morgan fingerprint density at radius 3 is 2.04 bits per heavy atom. The summed E-state index contributed by atoms with van der Waals surface area (Å²) >= 11 is 0. The zero-order valence-electron chi connectivity index (χ0n) is 25.6. The van der Waals surface area contributed by atoms with Crippen LogP contribution in [-0.4, -0.2) is 4.98 Å². The van der Waals surface area contributed by atoms with Crippen molar-refractivity contribution in [2.24, 2.45) is 0 Å². The number of para-hydroxylation sites is 1. The number of anilines is 1. The number of nitrogens with zero attached hydrogens (tertiary/aromatic N) is 1. The number of rotatable bonds is 5. The number of aromatic nitrogens is 1. The molecular weight excluding hydrogens is 572 g/mol. The van der Waals surface area contributed by atoms with Crippen LogP contribution in [0.25, 0.3) is 66.3 Å². The summed E-state index contributed by atoms with van der Waals surface area (Å²) in [7, 11) is 0. The molecule has 8 aromatic rings. The lowest BCUT2D eigenvalue weighted by atomic mass is 9.86. The van der Waals surface area contributed by atoms with E-state index in [0.29, 0.717) is 0 Å². The molecular formula is C44H30N2O. The Balaban J connectivity index is 1.23. The Kier molecular flexibility index (Phi) is 6.53. The molecule has 0 amide bonds. The highest BCUT2D eigenvalue weighted by molar-refractivity contribution is 6.07. The SMILES string of the molecule is c1ccc(-c2cc(-c3ccccc3-c3ccc4ccccc4c3-c3ccc4c(c3)NC(c3ccccc3)O4)nc3ccccc23)cc1. The lowest BCUT2D eigenvalue weighted by molar-refractivity contribution is 0.260. The molecule has 3 heteroatoms. The van der Waals surface area contributed by atoms with Gasteiger partial charge >= 0.3 is 0 Å². The lowest BCUT2D eigenvalue weighted by Crippen LogP contribution is -2.09. The minimum absolute atomic E-state index is 0.216. The van der Waals surface area contributed by atoms with E-state index < -0.39 is 0 Å². The molecule has 0 radical (unpaired) electrons. The van der Waals surface area contributed by atoms with Gasteiger partial charge in [0, 0.05) is 16.5 Å². The molecule has 1 aliphatic rings. The first kappa shape index (κ1) is 27.1. The fourth-order valence-electron chi connectivity index (χ4n) is 6.90. The van der Waals surface area contributed by atoms with E-state index >= 15 is 0 Å². The summed E-state index contributed by atoms with van der Waals surface area (Å²) in [6.45, 7) is 0. The third kappa shape index (κ3) is 4.81. The molecule has 47 heavy (non-hydrogen) atoms. The average molecular weight is 603 g/mol. The maximum Gasteiger partial charge on any atom is 0.196 e. The third-order valence-corrected chi connectivity index (χ3v) is 9.13. The molecule has 0 saturated heterocycles. The number of hydrogen-bond donors (Lipinski definition) is 1. The topological polar surface area (TPSA) is 34.1 Å². The molecule has 0 spiro atoms. The van der Waals surface area contributed by atoms with Gasteiger partial charge in [0.2, 0.25) is 0 Å². The summed E-state index contributed by atoms with van der Waals surface area (Å²) in [5.41, 5.74) is 12.1. The van der Waals surface area contributed by atoms with Gasteiger partial charge in [-0.15, -0.1) is 0 Å². The Morgan fingerprint density at radius 2 is 1.19 bits per heavy atom. The van der Waals surface area contributed by atoms with Gasteiger partial charge in [-0.3, -0.25) is 0 Å². The molecule has 0 fully saturated rings. The van der Waals surface area contributed by atoms with Gasteiger partial charge in [0.15, 0.2) is 6.23 Å². The van der Waals surface area contributed by atoms with Crippen molar-refractivity contribution in [3.63, 3.8) is 0 Å². The van der Waals surface area contributed by atoms with E-state index in [1.165, 1.54) is 27.5 Å². The Hall–Kier alpha value is -6.19. The number of fused-ring (bicyclic) bond motifs is 3. The van der Waals surface area contributed by atoms with Gasteiger partial charge in [-0.1, -0.05) is 146 Å².